The monoisotopic (exact) mass is 307 g/mol. The average Bonchev–Trinajstić information content (AvgIpc) is 2.90. The molecule has 3 aromatic rings. The number of carbonyl (C=O) groups excluding carboxylic acids is 1. The summed E-state index contributed by atoms with van der Waals surface area (Å²) in [7, 11) is 0. The summed E-state index contributed by atoms with van der Waals surface area (Å²) in [5.41, 5.74) is 3.18. The van der Waals surface area contributed by atoms with Gasteiger partial charge < -0.3 is 5.32 Å². The van der Waals surface area contributed by atoms with Gasteiger partial charge in [-0.25, -0.2) is 0 Å². The molecule has 0 saturated carbocycles. The molecule has 0 aliphatic heterocycles. The molecule has 1 heterocycles. The van der Waals surface area contributed by atoms with Gasteiger partial charge in [0.25, 0.3) is 0 Å². The minimum Gasteiger partial charge on any atom is -0.354 e. The van der Waals surface area contributed by atoms with Gasteiger partial charge in [0, 0.05) is 11.9 Å². The number of amides is 1. The third-order valence-corrected chi connectivity index (χ3v) is 4.11. The van der Waals surface area contributed by atoms with Crippen molar-refractivity contribution >= 4 is 16.8 Å². The summed E-state index contributed by atoms with van der Waals surface area (Å²) >= 11 is 0. The van der Waals surface area contributed by atoms with Crippen LogP contribution in [-0.2, 0) is 11.3 Å². The highest BCUT2D eigenvalue weighted by Gasteiger charge is 2.11. The van der Waals surface area contributed by atoms with Crippen LogP contribution in [0, 0.1) is 6.92 Å². The minimum atomic E-state index is -0.0129. The highest BCUT2D eigenvalue weighted by atomic mass is 16.2. The largest absolute Gasteiger partial charge is 0.354 e. The Labute approximate surface area is 136 Å². The van der Waals surface area contributed by atoms with Gasteiger partial charge in [0.05, 0.1) is 11.2 Å². The number of nitrogens with zero attached hydrogens (tertiary/aromatic N) is 2. The Morgan fingerprint density at radius 3 is 2.61 bits per heavy atom. The fraction of sp³-hybridized carbons (Fsp3) is 0.263. The van der Waals surface area contributed by atoms with Crippen LogP contribution in [0.3, 0.4) is 0 Å². The molecule has 0 radical (unpaired) electrons. The van der Waals surface area contributed by atoms with E-state index in [1.807, 2.05) is 49.4 Å². The van der Waals surface area contributed by atoms with Crippen LogP contribution in [0.4, 0.5) is 0 Å². The first-order chi connectivity index (χ1) is 11.1. The first-order valence-corrected chi connectivity index (χ1v) is 7.89. The second kappa shape index (κ2) is 6.65. The Balaban J connectivity index is 1.63. The van der Waals surface area contributed by atoms with E-state index in [4.69, 9.17) is 0 Å². The molecule has 0 fully saturated rings. The lowest BCUT2D eigenvalue weighted by atomic mass is 10.0. The van der Waals surface area contributed by atoms with E-state index in [-0.39, 0.29) is 18.4 Å². The van der Waals surface area contributed by atoms with E-state index in [0.29, 0.717) is 6.54 Å². The Bertz CT molecular complexity index is 808. The van der Waals surface area contributed by atoms with Crippen LogP contribution in [0.25, 0.3) is 10.9 Å². The number of rotatable bonds is 5. The van der Waals surface area contributed by atoms with Crippen molar-refractivity contribution in [3.8, 4) is 0 Å². The molecular weight excluding hydrogens is 286 g/mol. The van der Waals surface area contributed by atoms with Gasteiger partial charge in [-0.3, -0.25) is 9.48 Å². The molecule has 0 aliphatic carbocycles. The van der Waals surface area contributed by atoms with E-state index < -0.39 is 0 Å². The van der Waals surface area contributed by atoms with Crippen LogP contribution in [-0.4, -0.2) is 22.2 Å². The maximum absolute atomic E-state index is 12.2. The third kappa shape index (κ3) is 3.42. The molecule has 4 heteroatoms. The number of fused-ring (bicyclic) bond motifs is 1. The minimum absolute atomic E-state index is 0.0129. The topological polar surface area (TPSA) is 46.9 Å². The summed E-state index contributed by atoms with van der Waals surface area (Å²) in [6.45, 7) is 4.95. The molecule has 1 N–H and O–H groups in total. The van der Waals surface area contributed by atoms with Crippen LogP contribution in [0.2, 0.25) is 0 Å². The fourth-order valence-corrected chi connectivity index (χ4v) is 2.77. The number of aryl methyl sites for hydroxylation is 1. The Morgan fingerprint density at radius 2 is 1.83 bits per heavy atom. The van der Waals surface area contributed by atoms with E-state index >= 15 is 0 Å². The summed E-state index contributed by atoms with van der Waals surface area (Å²) in [5.74, 6) is 0.275. The van der Waals surface area contributed by atoms with Gasteiger partial charge in [0.1, 0.15) is 6.54 Å². The van der Waals surface area contributed by atoms with E-state index in [1.165, 1.54) is 5.56 Å². The summed E-state index contributed by atoms with van der Waals surface area (Å²) in [6, 6.07) is 18.2. The lowest BCUT2D eigenvalue weighted by Crippen LogP contribution is -2.31. The smallest absolute Gasteiger partial charge is 0.241 e. The molecule has 0 spiro atoms. The van der Waals surface area contributed by atoms with E-state index in [9.17, 15) is 4.79 Å². The lowest BCUT2D eigenvalue weighted by Gasteiger charge is -2.13. The maximum Gasteiger partial charge on any atom is 0.241 e. The van der Waals surface area contributed by atoms with Crippen LogP contribution < -0.4 is 5.32 Å². The van der Waals surface area contributed by atoms with Gasteiger partial charge in [0.15, 0.2) is 0 Å². The summed E-state index contributed by atoms with van der Waals surface area (Å²) < 4.78 is 1.77. The zero-order valence-corrected chi connectivity index (χ0v) is 13.5. The maximum atomic E-state index is 12.2. The van der Waals surface area contributed by atoms with Crippen molar-refractivity contribution < 1.29 is 4.79 Å². The molecule has 0 aliphatic rings. The molecular formula is C19H21N3O. The number of benzene rings is 2. The van der Waals surface area contributed by atoms with Gasteiger partial charge in [0.2, 0.25) is 5.91 Å². The van der Waals surface area contributed by atoms with Crippen molar-refractivity contribution in [2.45, 2.75) is 26.3 Å². The van der Waals surface area contributed by atoms with Crippen molar-refractivity contribution in [3.05, 3.63) is 65.9 Å². The first kappa shape index (κ1) is 15.3. The van der Waals surface area contributed by atoms with Gasteiger partial charge in [-0.1, -0.05) is 55.5 Å². The number of aromatic nitrogens is 2. The number of nitrogens with one attached hydrogen (secondary N) is 1. The van der Waals surface area contributed by atoms with Crippen LogP contribution >= 0.6 is 0 Å². The Hall–Kier alpha value is -2.62. The van der Waals surface area contributed by atoms with Crippen LogP contribution in [0.1, 0.15) is 24.1 Å². The van der Waals surface area contributed by atoms with Crippen molar-refractivity contribution in [1.82, 2.24) is 15.1 Å². The van der Waals surface area contributed by atoms with Crippen molar-refractivity contribution in [2.75, 3.05) is 6.54 Å². The molecule has 3 rings (SSSR count). The first-order valence-electron chi connectivity index (χ1n) is 7.89. The average molecular weight is 307 g/mol. The molecule has 118 valence electrons. The van der Waals surface area contributed by atoms with E-state index in [2.05, 4.69) is 29.5 Å². The van der Waals surface area contributed by atoms with Gasteiger partial charge in [-0.2, -0.15) is 5.10 Å². The molecule has 23 heavy (non-hydrogen) atoms. The Kier molecular flexibility index (Phi) is 4.42. The molecule has 2 aromatic carbocycles. The summed E-state index contributed by atoms with van der Waals surface area (Å²) in [6.07, 6.45) is 0. The number of para-hydroxylation sites is 1. The van der Waals surface area contributed by atoms with E-state index in [0.717, 1.165) is 16.6 Å². The van der Waals surface area contributed by atoms with Gasteiger partial charge in [-0.15, -0.1) is 0 Å². The molecule has 0 saturated heterocycles. The standard InChI is InChI=1S/C19H21N3O/c1-14(16-8-4-3-5-9-16)12-20-19(23)13-22-18-11-7-6-10-17(18)15(2)21-22/h3-11,14H,12-13H2,1-2H3,(H,20,23). The molecule has 1 amide bonds. The molecule has 4 nitrogen and oxygen atoms in total. The molecule has 1 aromatic heterocycles. The predicted octanol–water partition coefficient (Wildman–Crippen LogP) is 3.26. The summed E-state index contributed by atoms with van der Waals surface area (Å²) in [4.78, 5) is 12.2. The van der Waals surface area contributed by atoms with Gasteiger partial charge >= 0.3 is 0 Å². The number of hydrogen-bond donors (Lipinski definition) is 1. The predicted molar refractivity (Wildman–Crippen MR) is 92.3 cm³/mol. The zero-order chi connectivity index (χ0) is 16.2. The van der Waals surface area contributed by atoms with Crippen LogP contribution in [0.5, 0.6) is 0 Å². The van der Waals surface area contributed by atoms with Gasteiger partial charge in [-0.05, 0) is 24.5 Å². The van der Waals surface area contributed by atoms with Crippen molar-refractivity contribution in [3.63, 3.8) is 0 Å². The molecule has 1 unspecified atom stereocenters. The zero-order valence-electron chi connectivity index (χ0n) is 13.5. The highest BCUT2D eigenvalue weighted by Crippen LogP contribution is 2.17. The van der Waals surface area contributed by atoms with E-state index in [1.54, 1.807) is 4.68 Å². The quantitative estimate of drug-likeness (QED) is 0.786. The third-order valence-electron chi connectivity index (χ3n) is 4.11. The fourth-order valence-electron chi connectivity index (χ4n) is 2.77. The number of hydrogen-bond acceptors (Lipinski definition) is 2. The second-order valence-electron chi connectivity index (χ2n) is 5.88. The number of carbonyl (C=O) groups is 1. The van der Waals surface area contributed by atoms with Crippen molar-refractivity contribution in [2.24, 2.45) is 0 Å². The SMILES string of the molecule is Cc1nn(CC(=O)NCC(C)c2ccccc2)c2ccccc12. The highest BCUT2D eigenvalue weighted by molar-refractivity contribution is 5.84. The summed E-state index contributed by atoms with van der Waals surface area (Å²) in [5, 5.41) is 8.57. The van der Waals surface area contributed by atoms with Crippen molar-refractivity contribution in [1.29, 1.82) is 0 Å². The van der Waals surface area contributed by atoms with Crippen LogP contribution in [0.15, 0.2) is 54.6 Å². The lowest BCUT2D eigenvalue weighted by molar-refractivity contribution is -0.121. The second-order valence-corrected chi connectivity index (χ2v) is 5.88. The normalized spacial score (nSPS) is 12.3. The molecule has 1 atom stereocenters. The Morgan fingerprint density at radius 1 is 1.13 bits per heavy atom. The molecule has 0 bridgehead atoms.